The lowest BCUT2D eigenvalue weighted by molar-refractivity contribution is -0.384. The molecule has 8 nitrogen and oxygen atoms in total. The van der Waals surface area contributed by atoms with E-state index in [9.17, 15) is 19.7 Å². The second kappa shape index (κ2) is 9.38. The number of Topliss-reactive ketones (excluding diaryl/α,β-unsaturated/α-hetero) is 1. The monoisotopic (exact) mass is 436 g/mol. The summed E-state index contributed by atoms with van der Waals surface area (Å²) in [5.74, 6) is -0.116. The Hall–Kier alpha value is -3.42. The zero-order valence-electron chi connectivity index (χ0n) is 18.3. The Morgan fingerprint density at radius 1 is 0.844 bits per heavy atom. The number of anilines is 2. The molecule has 0 aliphatic carbocycles. The molecule has 2 aromatic rings. The molecule has 0 atom stereocenters. The Kier molecular flexibility index (Phi) is 6.39. The van der Waals surface area contributed by atoms with Gasteiger partial charge in [0.15, 0.2) is 5.78 Å². The van der Waals surface area contributed by atoms with Crippen LogP contribution in [0.4, 0.5) is 17.1 Å². The molecule has 0 radical (unpaired) electrons. The van der Waals surface area contributed by atoms with Gasteiger partial charge in [-0.2, -0.15) is 0 Å². The van der Waals surface area contributed by atoms with Gasteiger partial charge in [-0.05, 0) is 56.5 Å². The number of piperazine rings is 1. The number of nitro benzene ring substituents is 1. The van der Waals surface area contributed by atoms with E-state index in [-0.39, 0.29) is 17.4 Å². The predicted octanol–water partition coefficient (Wildman–Crippen LogP) is 3.75. The van der Waals surface area contributed by atoms with Crippen LogP contribution in [0.25, 0.3) is 0 Å². The van der Waals surface area contributed by atoms with Gasteiger partial charge in [0.25, 0.3) is 11.6 Å². The Labute approximate surface area is 187 Å². The van der Waals surface area contributed by atoms with Crippen LogP contribution in [0.1, 0.15) is 46.9 Å². The third-order valence-corrected chi connectivity index (χ3v) is 6.32. The minimum Gasteiger partial charge on any atom is -0.371 e. The fourth-order valence-corrected chi connectivity index (χ4v) is 4.46. The molecule has 2 aliphatic heterocycles. The Morgan fingerprint density at radius 3 is 2.09 bits per heavy atom. The van der Waals surface area contributed by atoms with E-state index in [1.165, 1.54) is 18.6 Å². The van der Waals surface area contributed by atoms with Gasteiger partial charge in [0.2, 0.25) is 0 Å². The van der Waals surface area contributed by atoms with Gasteiger partial charge >= 0.3 is 0 Å². The summed E-state index contributed by atoms with van der Waals surface area (Å²) in [4.78, 5) is 42.0. The van der Waals surface area contributed by atoms with Crippen molar-refractivity contribution in [3.05, 3.63) is 63.7 Å². The summed E-state index contributed by atoms with van der Waals surface area (Å²) in [5, 5.41) is 11.3. The summed E-state index contributed by atoms with van der Waals surface area (Å²) in [6.07, 6.45) is 3.29. The van der Waals surface area contributed by atoms with Gasteiger partial charge in [0.1, 0.15) is 0 Å². The quantitative estimate of drug-likeness (QED) is 0.403. The lowest BCUT2D eigenvalue weighted by Crippen LogP contribution is -2.49. The number of benzene rings is 2. The highest BCUT2D eigenvalue weighted by Gasteiger charge is 2.27. The summed E-state index contributed by atoms with van der Waals surface area (Å²) in [7, 11) is 0. The van der Waals surface area contributed by atoms with Gasteiger partial charge in [0, 0.05) is 62.7 Å². The Morgan fingerprint density at radius 2 is 1.50 bits per heavy atom. The molecule has 2 fully saturated rings. The van der Waals surface area contributed by atoms with E-state index in [0.29, 0.717) is 37.3 Å². The molecule has 0 unspecified atom stereocenters. The maximum absolute atomic E-state index is 13.4. The van der Waals surface area contributed by atoms with Crippen molar-refractivity contribution in [2.45, 2.75) is 26.2 Å². The minimum absolute atomic E-state index is 0.0356. The summed E-state index contributed by atoms with van der Waals surface area (Å²) in [6, 6.07) is 12.2. The molecule has 0 bridgehead atoms. The molecule has 168 valence electrons. The highest BCUT2D eigenvalue weighted by molar-refractivity contribution is 6.00. The van der Waals surface area contributed by atoms with E-state index < -0.39 is 4.92 Å². The zero-order chi connectivity index (χ0) is 22.7. The van der Waals surface area contributed by atoms with Crippen molar-refractivity contribution in [3.8, 4) is 0 Å². The number of nitrogens with zero attached hydrogens (tertiary/aromatic N) is 4. The van der Waals surface area contributed by atoms with E-state index in [1.807, 2.05) is 24.3 Å². The van der Waals surface area contributed by atoms with Gasteiger partial charge in [0.05, 0.1) is 16.2 Å². The highest BCUT2D eigenvalue weighted by Crippen LogP contribution is 2.29. The van der Waals surface area contributed by atoms with E-state index >= 15 is 0 Å². The van der Waals surface area contributed by atoms with Crippen molar-refractivity contribution < 1.29 is 14.5 Å². The average molecular weight is 437 g/mol. The third-order valence-electron chi connectivity index (χ3n) is 6.32. The molecule has 1 amide bonds. The number of piperidine rings is 1. The molecule has 2 heterocycles. The normalized spacial score (nSPS) is 16.7. The maximum Gasteiger partial charge on any atom is 0.270 e. The van der Waals surface area contributed by atoms with Gasteiger partial charge in [-0.25, -0.2) is 0 Å². The fourth-order valence-electron chi connectivity index (χ4n) is 4.46. The average Bonchev–Trinajstić information content (AvgIpc) is 2.84. The van der Waals surface area contributed by atoms with Crippen molar-refractivity contribution in [1.82, 2.24) is 4.90 Å². The number of carbonyl (C=O) groups is 2. The molecule has 4 rings (SSSR count). The van der Waals surface area contributed by atoms with Crippen LogP contribution in [0.15, 0.2) is 42.5 Å². The van der Waals surface area contributed by atoms with Crippen molar-refractivity contribution in [2.24, 2.45) is 0 Å². The minimum atomic E-state index is -0.445. The van der Waals surface area contributed by atoms with Crippen LogP contribution < -0.4 is 9.80 Å². The molecule has 0 spiro atoms. The van der Waals surface area contributed by atoms with Crippen molar-refractivity contribution >= 4 is 28.8 Å². The molecule has 0 N–H and O–H groups in total. The van der Waals surface area contributed by atoms with Gasteiger partial charge in [-0.15, -0.1) is 0 Å². The largest absolute Gasteiger partial charge is 0.371 e. The van der Waals surface area contributed by atoms with Crippen LogP contribution in [0, 0.1) is 10.1 Å². The van der Waals surface area contributed by atoms with E-state index in [0.717, 1.165) is 37.3 Å². The molecular weight excluding hydrogens is 408 g/mol. The van der Waals surface area contributed by atoms with Crippen LogP contribution in [0.2, 0.25) is 0 Å². The predicted molar refractivity (Wildman–Crippen MR) is 124 cm³/mol. The lowest BCUT2D eigenvalue weighted by atomic mass is 10.0. The number of carbonyl (C=O) groups excluding carboxylic acids is 2. The zero-order valence-corrected chi connectivity index (χ0v) is 18.3. The first-order chi connectivity index (χ1) is 15.4. The fraction of sp³-hybridized carbons (Fsp3) is 0.417. The SMILES string of the molecule is CC(=O)c1ccc(N2CCN(C(=O)c3cc([N+](=O)[O-])ccc3N3CCCCC3)CC2)cc1. The molecule has 8 heteroatoms. The van der Waals surface area contributed by atoms with Gasteiger partial charge in [-0.3, -0.25) is 19.7 Å². The van der Waals surface area contributed by atoms with Crippen molar-refractivity contribution in [3.63, 3.8) is 0 Å². The first-order valence-electron chi connectivity index (χ1n) is 11.1. The number of rotatable bonds is 5. The number of hydrogen-bond donors (Lipinski definition) is 0. The summed E-state index contributed by atoms with van der Waals surface area (Å²) >= 11 is 0. The smallest absolute Gasteiger partial charge is 0.270 e. The Balaban J connectivity index is 1.50. The number of amides is 1. The summed E-state index contributed by atoms with van der Waals surface area (Å²) < 4.78 is 0. The topological polar surface area (TPSA) is 87.0 Å². The van der Waals surface area contributed by atoms with Crippen LogP contribution in [-0.4, -0.2) is 60.8 Å². The molecule has 0 saturated carbocycles. The van der Waals surface area contributed by atoms with Crippen LogP contribution in [-0.2, 0) is 0 Å². The molecule has 2 aromatic carbocycles. The maximum atomic E-state index is 13.4. The lowest BCUT2D eigenvalue weighted by Gasteiger charge is -2.37. The van der Waals surface area contributed by atoms with Crippen LogP contribution in [0.5, 0.6) is 0 Å². The number of hydrogen-bond acceptors (Lipinski definition) is 6. The Bertz CT molecular complexity index is 1010. The van der Waals surface area contributed by atoms with Crippen molar-refractivity contribution in [2.75, 3.05) is 49.1 Å². The third kappa shape index (κ3) is 4.59. The van der Waals surface area contributed by atoms with Gasteiger partial charge in [-0.1, -0.05) is 0 Å². The molecular formula is C24H28N4O4. The summed E-state index contributed by atoms with van der Waals surface area (Å²) in [6.45, 7) is 5.68. The molecule has 32 heavy (non-hydrogen) atoms. The number of nitro groups is 1. The standard InChI is InChI=1S/C24H28N4O4/c1-18(29)19-5-7-20(8-6-19)25-13-15-27(16-14-25)24(30)22-17-21(28(31)32)9-10-23(22)26-11-3-2-4-12-26/h5-10,17H,2-4,11-16H2,1H3. The second-order valence-electron chi connectivity index (χ2n) is 8.39. The van der Waals surface area contributed by atoms with E-state index in [1.54, 1.807) is 17.9 Å². The van der Waals surface area contributed by atoms with Crippen LogP contribution in [0.3, 0.4) is 0 Å². The van der Waals surface area contributed by atoms with Crippen molar-refractivity contribution in [1.29, 1.82) is 0 Å². The first-order valence-corrected chi connectivity index (χ1v) is 11.1. The number of ketones is 1. The van der Waals surface area contributed by atoms with Crippen LogP contribution >= 0.6 is 0 Å². The molecule has 0 aromatic heterocycles. The van der Waals surface area contributed by atoms with E-state index in [2.05, 4.69) is 9.80 Å². The molecule has 2 aliphatic rings. The highest BCUT2D eigenvalue weighted by atomic mass is 16.6. The number of non-ortho nitro benzene ring substituents is 1. The summed E-state index contributed by atoms with van der Waals surface area (Å²) in [5.41, 5.74) is 2.85. The van der Waals surface area contributed by atoms with E-state index in [4.69, 9.17) is 0 Å². The second-order valence-corrected chi connectivity index (χ2v) is 8.39. The molecule has 2 saturated heterocycles. The van der Waals surface area contributed by atoms with Gasteiger partial charge < -0.3 is 14.7 Å². The first kappa shape index (κ1) is 21.8.